The molecule has 46 heavy (non-hydrogen) atoms. The summed E-state index contributed by atoms with van der Waals surface area (Å²) in [7, 11) is 0. The summed E-state index contributed by atoms with van der Waals surface area (Å²) in [5.41, 5.74) is -2.77. The maximum Gasteiger partial charge on any atom is 0.418 e. The van der Waals surface area contributed by atoms with Crippen molar-refractivity contribution in [2.45, 2.75) is 37.8 Å². The fourth-order valence-corrected chi connectivity index (χ4v) is 5.19. The standard InChI is InChI=1S/C29H23F8N5O4/c1-14-8-18(28(32,33)34)24(39-12-14)17-3-2-15(42-5-4-38-25(17)42)11-21(27(44)45)40-26(43)23-19(30)9-16(10-20(23)31)41-6-7-46-13-22(41)29(35,36)37/h2-5,8-10,12,21-22H,6-7,11,13H2,1H3,(H,40,43)(H,44,45). The first kappa shape index (κ1) is 32.6. The molecule has 17 heteroatoms. The topological polar surface area (TPSA) is 109 Å². The number of carboxylic acids is 1. The van der Waals surface area contributed by atoms with Crippen LogP contribution in [-0.4, -0.2) is 69.4 Å². The third-order valence-corrected chi connectivity index (χ3v) is 7.33. The Kier molecular flexibility index (Phi) is 8.63. The van der Waals surface area contributed by atoms with Crippen LogP contribution in [-0.2, 0) is 22.1 Å². The molecule has 1 saturated heterocycles. The summed E-state index contributed by atoms with van der Waals surface area (Å²) in [4.78, 5) is 33.7. The molecule has 2 N–H and O–H groups in total. The fourth-order valence-electron chi connectivity index (χ4n) is 5.19. The van der Waals surface area contributed by atoms with Crippen LogP contribution in [0, 0.1) is 18.6 Å². The first-order valence-electron chi connectivity index (χ1n) is 13.5. The van der Waals surface area contributed by atoms with Crippen molar-refractivity contribution in [3.05, 3.63) is 82.9 Å². The molecule has 0 bridgehead atoms. The van der Waals surface area contributed by atoms with Crippen LogP contribution >= 0.6 is 0 Å². The van der Waals surface area contributed by atoms with Crippen molar-refractivity contribution in [3.8, 4) is 11.3 Å². The molecule has 0 spiro atoms. The van der Waals surface area contributed by atoms with E-state index in [1.165, 1.54) is 42.0 Å². The van der Waals surface area contributed by atoms with Crippen LogP contribution in [0.5, 0.6) is 0 Å². The van der Waals surface area contributed by atoms with E-state index in [2.05, 4.69) is 9.97 Å². The number of fused-ring (bicyclic) bond motifs is 1. The number of halogens is 8. The number of amides is 1. The van der Waals surface area contributed by atoms with Gasteiger partial charge in [0.1, 0.15) is 34.9 Å². The SMILES string of the molecule is Cc1cnc(-c2ccc(CC(NC(=O)c3c(F)cc(N4CCOCC4C(F)(F)F)cc3F)C(=O)O)n3ccnc23)c(C(F)(F)F)c1. The van der Waals surface area contributed by atoms with E-state index in [0.717, 1.165) is 6.07 Å². The van der Waals surface area contributed by atoms with Gasteiger partial charge in [-0.25, -0.2) is 18.6 Å². The number of anilines is 1. The zero-order valence-corrected chi connectivity index (χ0v) is 23.6. The molecule has 0 radical (unpaired) electrons. The highest BCUT2D eigenvalue weighted by Gasteiger charge is 2.46. The summed E-state index contributed by atoms with van der Waals surface area (Å²) in [6, 6.07) is 0.557. The van der Waals surface area contributed by atoms with E-state index in [9.17, 15) is 41.0 Å². The number of benzene rings is 1. The van der Waals surface area contributed by atoms with Crippen molar-refractivity contribution in [3.63, 3.8) is 0 Å². The van der Waals surface area contributed by atoms with Gasteiger partial charge in [-0.1, -0.05) is 0 Å². The largest absolute Gasteiger partial charge is 0.480 e. The van der Waals surface area contributed by atoms with Gasteiger partial charge in [0.15, 0.2) is 0 Å². The van der Waals surface area contributed by atoms with Gasteiger partial charge in [0.05, 0.1) is 24.5 Å². The van der Waals surface area contributed by atoms with E-state index in [4.69, 9.17) is 4.74 Å². The number of hydrogen-bond acceptors (Lipinski definition) is 6. The lowest BCUT2D eigenvalue weighted by atomic mass is 10.0. The van der Waals surface area contributed by atoms with Crippen molar-refractivity contribution < 1.29 is 54.6 Å². The molecule has 3 aromatic heterocycles. The molecule has 1 amide bonds. The lowest BCUT2D eigenvalue weighted by Gasteiger charge is -2.38. The molecule has 9 nitrogen and oxygen atoms in total. The van der Waals surface area contributed by atoms with Gasteiger partial charge < -0.3 is 24.5 Å². The number of nitrogens with one attached hydrogen (secondary N) is 1. The number of rotatable bonds is 7. The van der Waals surface area contributed by atoms with Gasteiger partial charge in [-0.2, -0.15) is 26.3 Å². The molecule has 5 rings (SSSR count). The molecule has 1 aromatic carbocycles. The maximum absolute atomic E-state index is 15.0. The maximum atomic E-state index is 15.0. The third-order valence-electron chi connectivity index (χ3n) is 7.33. The summed E-state index contributed by atoms with van der Waals surface area (Å²) in [5.74, 6) is -6.18. The van der Waals surface area contributed by atoms with Crippen LogP contribution in [0.15, 0.2) is 48.9 Å². The highest BCUT2D eigenvalue weighted by Crippen LogP contribution is 2.38. The summed E-state index contributed by atoms with van der Waals surface area (Å²) in [6.07, 6.45) is -6.20. The van der Waals surface area contributed by atoms with E-state index in [0.29, 0.717) is 17.0 Å². The minimum absolute atomic E-state index is 0.0113. The molecule has 2 atom stereocenters. The van der Waals surface area contributed by atoms with Crippen LogP contribution in [0.1, 0.15) is 27.2 Å². The molecule has 4 aromatic rings. The number of aryl methyl sites for hydroxylation is 1. The molecule has 1 aliphatic rings. The molecule has 1 aliphatic heterocycles. The van der Waals surface area contributed by atoms with Gasteiger partial charge in [0, 0.05) is 48.5 Å². The summed E-state index contributed by atoms with van der Waals surface area (Å²) >= 11 is 0. The van der Waals surface area contributed by atoms with E-state index in [1.54, 1.807) is 0 Å². The van der Waals surface area contributed by atoms with Crippen LogP contribution in [0.2, 0.25) is 0 Å². The number of alkyl halides is 6. The van der Waals surface area contributed by atoms with Crippen LogP contribution in [0.25, 0.3) is 16.9 Å². The first-order valence-corrected chi connectivity index (χ1v) is 13.5. The minimum atomic E-state index is -4.78. The zero-order valence-electron chi connectivity index (χ0n) is 23.6. The second-order valence-electron chi connectivity index (χ2n) is 10.4. The van der Waals surface area contributed by atoms with Crippen LogP contribution in [0.4, 0.5) is 40.8 Å². The fraction of sp³-hybridized carbons (Fsp3) is 0.310. The summed E-state index contributed by atoms with van der Waals surface area (Å²) < 4.78 is 118. The third kappa shape index (κ3) is 6.45. The Morgan fingerprint density at radius 3 is 2.41 bits per heavy atom. The normalized spacial score (nSPS) is 16.5. The number of aliphatic carboxylic acids is 1. The monoisotopic (exact) mass is 657 g/mol. The van der Waals surface area contributed by atoms with Crippen molar-refractivity contribution in [2.75, 3.05) is 24.7 Å². The second kappa shape index (κ2) is 12.2. The first-order chi connectivity index (χ1) is 21.6. The van der Waals surface area contributed by atoms with Gasteiger partial charge in [-0.05, 0) is 42.8 Å². The zero-order chi connectivity index (χ0) is 33.6. The van der Waals surface area contributed by atoms with Gasteiger partial charge >= 0.3 is 18.3 Å². The molecule has 2 unspecified atom stereocenters. The molecule has 0 saturated carbocycles. The minimum Gasteiger partial charge on any atom is -0.480 e. The quantitative estimate of drug-likeness (QED) is 0.263. The van der Waals surface area contributed by atoms with Gasteiger partial charge in [0.2, 0.25) is 0 Å². The highest BCUT2D eigenvalue weighted by atomic mass is 19.4. The number of morpholine rings is 1. The lowest BCUT2D eigenvalue weighted by molar-refractivity contribution is -0.167. The Labute approximate surface area is 254 Å². The number of ether oxygens (including phenoxy) is 1. The molecule has 0 aliphatic carbocycles. The van der Waals surface area contributed by atoms with Crippen molar-refractivity contribution in [2.24, 2.45) is 0 Å². The Morgan fingerprint density at radius 1 is 1.09 bits per heavy atom. The number of carbonyl (C=O) groups is 2. The van der Waals surface area contributed by atoms with Crippen LogP contribution in [0.3, 0.4) is 0 Å². The Morgan fingerprint density at radius 2 is 1.78 bits per heavy atom. The molecule has 1 fully saturated rings. The van der Waals surface area contributed by atoms with Gasteiger partial charge in [0.25, 0.3) is 5.91 Å². The number of carboxylic acid groups (broad SMARTS) is 1. The number of hydrogen-bond donors (Lipinski definition) is 2. The number of imidazole rings is 1. The van der Waals surface area contributed by atoms with Crippen molar-refractivity contribution in [1.29, 1.82) is 0 Å². The number of pyridine rings is 2. The van der Waals surface area contributed by atoms with Crippen molar-refractivity contribution >= 4 is 23.2 Å². The smallest absolute Gasteiger partial charge is 0.418 e. The van der Waals surface area contributed by atoms with Crippen LogP contribution < -0.4 is 10.2 Å². The lowest BCUT2D eigenvalue weighted by Crippen LogP contribution is -2.53. The summed E-state index contributed by atoms with van der Waals surface area (Å²) in [5, 5.41) is 11.8. The Bertz CT molecular complexity index is 1780. The molecular formula is C29H23F8N5O4. The molecule has 4 heterocycles. The average molecular weight is 658 g/mol. The number of nitrogens with zero attached hydrogens (tertiary/aromatic N) is 4. The van der Waals surface area contributed by atoms with Gasteiger partial charge in [-0.3, -0.25) is 9.78 Å². The molecular weight excluding hydrogens is 634 g/mol. The Hall–Kier alpha value is -4.80. The predicted octanol–water partition coefficient (Wildman–Crippen LogP) is 5.19. The Balaban J connectivity index is 1.42. The van der Waals surface area contributed by atoms with E-state index in [1.807, 2.05) is 5.32 Å². The molecule has 244 valence electrons. The average Bonchev–Trinajstić information content (AvgIpc) is 3.46. The number of carbonyl (C=O) groups excluding carboxylic acids is 1. The van der Waals surface area contributed by atoms with E-state index < -0.39 is 83.5 Å². The van der Waals surface area contributed by atoms with E-state index in [-0.39, 0.29) is 35.6 Å². The number of aromatic nitrogens is 3. The second-order valence-corrected chi connectivity index (χ2v) is 10.4. The van der Waals surface area contributed by atoms with E-state index >= 15 is 8.78 Å². The van der Waals surface area contributed by atoms with Gasteiger partial charge in [-0.15, -0.1) is 0 Å². The van der Waals surface area contributed by atoms with Crippen molar-refractivity contribution in [1.82, 2.24) is 19.7 Å². The highest BCUT2D eigenvalue weighted by molar-refractivity contribution is 5.97. The predicted molar refractivity (Wildman–Crippen MR) is 145 cm³/mol. The summed E-state index contributed by atoms with van der Waals surface area (Å²) in [6.45, 7) is 0.189.